The Kier molecular flexibility index (Phi) is 7.31. The van der Waals surface area contributed by atoms with E-state index in [0.29, 0.717) is 41.9 Å². The Morgan fingerprint density at radius 3 is 2.06 bits per heavy atom. The summed E-state index contributed by atoms with van der Waals surface area (Å²) in [5.74, 6) is -0.858. The number of benzene rings is 2. The number of amides is 3. The Labute approximate surface area is 179 Å². The average molecular weight is 418 g/mol. The summed E-state index contributed by atoms with van der Waals surface area (Å²) in [6, 6.07) is 16.0. The van der Waals surface area contributed by atoms with Gasteiger partial charge in [0.2, 0.25) is 0 Å². The standard InChI is InChI=1S/C23H22N4O4/c28-20-9-2-6-17(14-20)22(30)26-12-4-11-25-21(29)16-5-1-8-19(13-16)27-23(31)18-7-3-10-24-15-18/h1-3,5-10,13-15,28H,4,11-12H2,(H,25,29)(H,26,30)(H,27,31). The summed E-state index contributed by atoms with van der Waals surface area (Å²) in [5.41, 5.74) is 1.70. The van der Waals surface area contributed by atoms with Crippen LogP contribution in [0.5, 0.6) is 5.75 Å². The van der Waals surface area contributed by atoms with Crippen molar-refractivity contribution in [1.82, 2.24) is 15.6 Å². The summed E-state index contributed by atoms with van der Waals surface area (Å²) in [7, 11) is 0. The highest BCUT2D eigenvalue weighted by Crippen LogP contribution is 2.13. The molecule has 0 aliphatic rings. The monoisotopic (exact) mass is 418 g/mol. The number of rotatable bonds is 8. The van der Waals surface area contributed by atoms with E-state index in [1.165, 1.54) is 18.3 Å². The molecule has 3 aromatic rings. The van der Waals surface area contributed by atoms with Crippen LogP contribution in [0.4, 0.5) is 5.69 Å². The third-order valence-electron chi connectivity index (χ3n) is 4.34. The van der Waals surface area contributed by atoms with Crippen molar-refractivity contribution in [3.8, 4) is 5.75 Å². The second kappa shape index (κ2) is 10.5. The van der Waals surface area contributed by atoms with Crippen molar-refractivity contribution in [3.63, 3.8) is 0 Å². The van der Waals surface area contributed by atoms with Gasteiger partial charge in [-0.05, 0) is 55.0 Å². The number of anilines is 1. The van der Waals surface area contributed by atoms with Crippen LogP contribution in [0.2, 0.25) is 0 Å². The third-order valence-corrected chi connectivity index (χ3v) is 4.34. The SMILES string of the molecule is O=C(NCCCNC(=O)c1cccc(NC(=O)c2cccnc2)c1)c1cccc(O)c1. The Bertz CT molecular complexity index is 1070. The Morgan fingerprint density at radius 1 is 0.774 bits per heavy atom. The maximum atomic E-state index is 12.4. The summed E-state index contributed by atoms with van der Waals surface area (Å²) in [5, 5.41) is 17.7. The molecule has 0 bridgehead atoms. The fourth-order valence-electron chi connectivity index (χ4n) is 2.78. The van der Waals surface area contributed by atoms with E-state index in [9.17, 15) is 19.5 Å². The van der Waals surface area contributed by atoms with Gasteiger partial charge < -0.3 is 21.1 Å². The van der Waals surface area contributed by atoms with Crippen LogP contribution in [0.3, 0.4) is 0 Å². The second-order valence-electron chi connectivity index (χ2n) is 6.69. The summed E-state index contributed by atoms with van der Waals surface area (Å²) >= 11 is 0. The molecule has 8 heteroatoms. The summed E-state index contributed by atoms with van der Waals surface area (Å²) in [4.78, 5) is 40.5. The molecule has 0 saturated carbocycles. The number of aromatic nitrogens is 1. The smallest absolute Gasteiger partial charge is 0.257 e. The van der Waals surface area contributed by atoms with Crippen molar-refractivity contribution >= 4 is 23.4 Å². The predicted molar refractivity (Wildman–Crippen MR) is 116 cm³/mol. The molecule has 1 heterocycles. The van der Waals surface area contributed by atoms with E-state index in [1.807, 2.05) is 0 Å². The van der Waals surface area contributed by atoms with Crippen LogP contribution in [-0.2, 0) is 0 Å². The van der Waals surface area contributed by atoms with Crippen molar-refractivity contribution in [3.05, 3.63) is 89.7 Å². The van der Waals surface area contributed by atoms with E-state index in [0.717, 1.165) is 0 Å². The van der Waals surface area contributed by atoms with Crippen molar-refractivity contribution in [2.24, 2.45) is 0 Å². The average Bonchev–Trinajstić information content (AvgIpc) is 2.79. The summed E-state index contributed by atoms with van der Waals surface area (Å²) in [6.45, 7) is 0.738. The number of carbonyl (C=O) groups excluding carboxylic acids is 3. The van der Waals surface area contributed by atoms with E-state index in [4.69, 9.17) is 0 Å². The Balaban J connectivity index is 1.44. The van der Waals surface area contributed by atoms with Gasteiger partial charge in [0.15, 0.2) is 0 Å². The summed E-state index contributed by atoms with van der Waals surface area (Å²) < 4.78 is 0. The number of carbonyl (C=O) groups is 3. The van der Waals surface area contributed by atoms with Crippen molar-refractivity contribution in [2.75, 3.05) is 18.4 Å². The molecule has 0 atom stereocenters. The lowest BCUT2D eigenvalue weighted by Gasteiger charge is -2.09. The van der Waals surface area contributed by atoms with Gasteiger partial charge >= 0.3 is 0 Å². The molecule has 31 heavy (non-hydrogen) atoms. The van der Waals surface area contributed by atoms with Crippen molar-refractivity contribution < 1.29 is 19.5 Å². The Hall–Kier alpha value is -4.20. The van der Waals surface area contributed by atoms with E-state index >= 15 is 0 Å². The minimum Gasteiger partial charge on any atom is -0.508 e. The van der Waals surface area contributed by atoms with Gasteiger partial charge in [0.1, 0.15) is 5.75 Å². The van der Waals surface area contributed by atoms with Gasteiger partial charge in [0, 0.05) is 42.3 Å². The highest BCUT2D eigenvalue weighted by Gasteiger charge is 2.10. The van der Waals surface area contributed by atoms with Crippen LogP contribution in [-0.4, -0.2) is 40.9 Å². The van der Waals surface area contributed by atoms with Gasteiger partial charge in [-0.15, -0.1) is 0 Å². The predicted octanol–water partition coefficient (Wildman–Crippen LogP) is 2.59. The number of hydrogen-bond acceptors (Lipinski definition) is 5. The molecule has 0 fully saturated rings. The first-order valence-electron chi connectivity index (χ1n) is 9.70. The van der Waals surface area contributed by atoms with Gasteiger partial charge in [0.05, 0.1) is 5.56 Å². The molecule has 3 amide bonds. The van der Waals surface area contributed by atoms with Crippen LogP contribution in [0.1, 0.15) is 37.5 Å². The molecule has 0 radical (unpaired) electrons. The molecule has 2 aromatic carbocycles. The zero-order valence-corrected chi connectivity index (χ0v) is 16.7. The highest BCUT2D eigenvalue weighted by atomic mass is 16.3. The lowest BCUT2D eigenvalue weighted by molar-refractivity contribution is 0.0949. The van der Waals surface area contributed by atoms with Gasteiger partial charge in [0.25, 0.3) is 17.7 Å². The second-order valence-corrected chi connectivity index (χ2v) is 6.69. The van der Waals surface area contributed by atoms with E-state index in [1.54, 1.807) is 54.7 Å². The van der Waals surface area contributed by atoms with E-state index in [2.05, 4.69) is 20.9 Å². The number of aromatic hydroxyl groups is 1. The number of hydrogen-bond donors (Lipinski definition) is 4. The molecular formula is C23H22N4O4. The minimum absolute atomic E-state index is 0.0266. The largest absolute Gasteiger partial charge is 0.508 e. The van der Waals surface area contributed by atoms with Gasteiger partial charge in [-0.25, -0.2) is 0 Å². The topological polar surface area (TPSA) is 120 Å². The van der Waals surface area contributed by atoms with E-state index in [-0.39, 0.29) is 23.5 Å². The Morgan fingerprint density at radius 2 is 1.42 bits per heavy atom. The molecule has 0 saturated heterocycles. The number of nitrogens with one attached hydrogen (secondary N) is 3. The fraction of sp³-hybridized carbons (Fsp3) is 0.130. The summed E-state index contributed by atoms with van der Waals surface area (Å²) in [6.07, 6.45) is 3.58. The molecule has 8 nitrogen and oxygen atoms in total. The minimum atomic E-state index is -0.312. The van der Waals surface area contributed by atoms with Gasteiger partial charge in [-0.2, -0.15) is 0 Å². The molecule has 158 valence electrons. The molecule has 1 aromatic heterocycles. The first kappa shape index (κ1) is 21.5. The first-order chi connectivity index (χ1) is 15.0. The van der Waals surface area contributed by atoms with Crippen molar-refractivity contribution in [1.29, 1.82) is 0 Å². The molecule has 4 N–H and O–H groups in total. The zero-order valence-electron chi connectivity index (χ0n) is 16.7. The number of phenolic OH excluding ortho intramolecular Hbond substituents is 1. The number of pyridine rings is 1. The first-order valence-corrected chi connectivity index (χ1v) is 9.70. The molecular weight excluding hydrogens is 396 g/mol. The van der Waals surface area contributed by atoms with Crippen molar-refractivity contribution in [2.45, 2.75) is 6.42 Å². The molecule has 3 rings (SSSR count). The normalized spacial score (nSPS) is 10.2. The van der Waals surface area contributed by atoms with E-state index < -0.39 is 0 Å². The number of phenols is 1. The van der Waals surface area contributed by atoms with Crippen LogP contribution < -0.4 is 16.0 Å². The quantitative estimate of drug-likeness (QED) is 0.419. The molecule has 0 unspecified atom stereocenters. The lowest BCUT2D eigenvalue weighted by Crippen LogP contribution is -2.30. The number of nitrogens with zero attached hydrogens (tertiary/aromatic N) is 1. The van der Waals surface area contributed by atoms with Gasteiger partial charge in [-0.3, -0.25) is 19.4 Å². The maximum absolute atomic E-state index is 12.4. The van der Waals surface area contributed by atoms with Crippen LogP contribution in [0.15, 0.2) is 73.1 Å². The molecule has 0 aliphatic carbocycles. The van der Waals surface area contributed by atoms with Crippen LogP contribution in [0, 0.1) is 0 Å². The maximum Gasteiger partial charge on any atom is 0.257 e. The lowest BCUT2D eigenvalue weighted by atomic mass is 10.1. The van der Waals surface area contributed by atoms with Crippen LogP contribution in [0.25, 0.3) is 0 Å². The molecule has 0 spiro atoms. The third kappa shape index (κ3) is 6.40. The van der Waals surface area contributed by atoms with Crippen LogP contribution >= 0.6 is 0 Å². The fourth-order valence-corrected chi connectivity index (χ4v) is 2.78. The highest BCUT2D eigenvalue weighted by molar-refractivity contribution is 6.05. The zero-order chi connectivity index (χ0) is 22.1. The molecule has 0 aliphatic heterocycles. The van der Waals surface area contributed by atoms with Gasteiger partial charge in [-0.1, -0.05) is 12.1 Å².